The molecule has 0 aliphatic heterocycles. The van der Waals surface area contributed by atoms with Crippen LogP contribution in [0, 0.1) is 11.3 Å². The molecule has 0 aliphatic carbocycles. The Labute approximate surface area is 91.2 Å². The topological polar surface area (TPSA) is 35.8 Å². The Balaban J connectivity index is 2.69. The van der Waals surface area contributed by atoms with E-state index < -0.39 is 5.54 Å². The highest BCUT2D eigenvalue weighted by atomic mass is 15.0. The van der Waals surface area contributed by atoms with Crippen LogP contribution in [0.2, 0.25) is 0 Å². The smallest absolute Gasteiger partial charge is 0.108 e. The SMILES string of the molecule is C=CCNC(C)(C#N)Cc1ccccc1. The van der Waals surface area contributed by atoms with Gasteiger partial charge in [0, 0.05) is 13.0 Å². The second-order valence-electron chi connectivity index (χ2n) is 3.78. The fourth-order valence-electron chi connectivity index (χ4n) is 1.44. The third-order valence-electron chi connectivity index (χ3n) is 2.28. The zero-order chi connectivity index (χ0) is 11.1. The summed E-state index contributed by atoms with van der Waals surface area (Å²) in [7, 11) is 0. The summed E-state index contributed by atoms with van der Waals surface area (Å²) in [5, 5.41) is 12.3. The summed E-state index contributed by atoms with van der Waals surface area (Å²) in [4.78, 5) is 0. The first kappa shape index (κ1) is 11.5. The normalized spacial score (nSPS) is 13.9. The number of nitriles is 1. The van der Waals surface area contributed by atoms with Gasteiger partial charge < -0.3 is 0 Å². The van der Waals surface area contributed by atoms with Crippen molar-refractivity contribution in [3.05, 3.63) is 48.6 Å². The van der Waals surface area contributed by atoms with E-state index in [2.05, 4.69) is 18.0 Å². The van der Waals surface area contributed by atoms with E-state index in [9.17, 15) is 0 Å². The monoisotopic (exact) mass is 200 g/mol. The molecule has 1 atom stereocenters. The molecule has 0 amide bonds. The average molecular weight is 200 g/mol. The predicted molar refractivity (Wildman–Crippen MR) is 62.4 cm³/mol. The van der Waals surface area contributed by atoms with E-state index in [1.807, 2.05) is 37.3 Å². The molecular formula is C13H16N2. The minimum Gasteiger partial charge on any atom is -0.296 e. The minimum absolute atomic E-state index is 0.518. The van der Waals surface area contributed by atoms with Crippen LogP contribution in [-0.4, -0.2) is 12.1 Å². The molecule has 1 aromatic rings. The molecule has 0 saturated heterocycles. The molecule has 0 radical (unpaired) electrons. The quantitative estimate of drug-likeness (QED) is 0.740. The third-order valence-corrected chi connectivity index (χ3v) is 2.28. The van der Waals surface area contributed by atoms with Gasteiger partial charge in [-0.1, -0.05) is 36.4 Å². The van der Waals surface area contributed by atoms with Crippen LogP contribution < -0.4 is 5.32 Å². The first-order valence-electron chi connectivity index (χ1n) is 5.01. The van der Waals surface area contributed by atoms with Gasteiger partial charge in [-0.15, -0.1) is 6.58 Å². The first-order chi connectivity index (χ1) is 7.20. The van der Waals surface area contributed by atoms with Crippen LogP contribution in [0.15, 0.2) is 43.0 Å². The number of nitrogens with one attached hydrogen (secondary N) is 1. The molecule has 1 unspecified atom stereocenters. The lowest BCUT2D eigenvalue weighted by Crippen LogP contribution is -2.42. The zero-order valence-corrected chi connectivity index (χ0v) is 9.03. The number of benzene rings is 1. The maximum absolute atomic E-state index is 9.13. The van der Waals surface area contributed by atoms with Gasteiger partial charge >= 0.3 is 0 Å². The molecule has 1 rings (SSSR count). The second kappa shape index (κ2) is 5.33. The van der Waals surface area contributed by atoms with Crippen LogP contribution in [0.3, 0.4) is 0 Å². The highest BCUT2D eigenvalue weighted by Crippen LogP contribution is 2.11. The molecule has 0 saturated carbocycles. The van der Waals surface area contributed by atoms with Crippen LogP contribution in [0.25, 0.3) is 0 Å². The fourth-order valence-corrected chi connectivity index (χ4v) is 1.44. The van der Waals surface area contributed by atoms with Crippen molar-refractivity contribution >= 4 is 0 Å². The number of hydrogen-bond acceptors (Lipinski definition) is 2. The standard InChI is InChI=1S/C13H16N2/c1-3-9-15-13(2,11-14)10-12-7-5-4-6-8-12/h3-8,15H,1,9-10H2,2H3. The van der Waals surface area contributed by atoms with Gasteiger partial charge in [-0.3, -0.25) is 5.32 Å². The van der Waals surface area contributed by atoms with Crippen LogP contribution in [0.5, 0.6) is 0 Å². The molecule has 0 fully saturated rings. The van der Waals surface area contributed by atoms with Crippen molar-refractivity contribution in [1.82, 2.24) is 5.32 Å². The highest BCUT2D eigenvalue weighted by Gasteiger charge is 2.22. The lowest BCUT2D eigenvalue weighted by molar-refractivity contribution is 0.469. The van der Waals surface area contributed by atoms with Gasteiger partial charge in [0.1, 0.15) is 5.54 Å². The second-order valence-corrected chi connectivity index (χ2v) is 3.78. The summed E-state index contributed by atoms with van der Waals surface area (Å²) in [6, 6.07) is 12.3. The molecule has 15 heavy (non-hydrogen) atoms. The van der Waals surface area contributed by atoms with Crippen LogP contribution >= 0.6 is 0 Å². The lowest BCUT2D eigenvalue weighted by atomic mass is 9.94. The summed E-state index contributed by atoms with van der Waals surface area (Å²) < 4.78 is 0. The summed E-state index contributed by atoms with van der Waals surface area (Å²) in [5.41, 5.74) is 0.647. The lowest BCUT2D eigenvalue weighted by Gasteiger charge is -2.22. The summed E-state index contributed by atoms with van der Waals surface area (Å²) in [6.45, 7) is 6.19. The van der Waals surface area contributed by atoms with Crippen molar-refractivity contribution in [2.45, 2.75) is 18.9 Å². The van der Waals surface area contributed by atoms with Crippen LogP contribution in [0.1, 0.15) is 12.5 Å². The zero-order valence-electron chi connectivity index (χ0n) is 9.03. The first-order valence-corrected chi connectivity index (χ1v) is 5.01. The predicted octanol–water partition coefficient (Wildman–Crippen LogP) is 2.29. The Kier molecular flexibility index (Phi) is 4.08. The van der Waals surface area contributed by atoms with E-state index in [0.717, 1.165) is 5.56 Å². The van der Waals surface area contributed by atoms with Gasteiger partial charge in [0.2, 0.25) is 0 Å². The van der Waals surface area contributed by atoms with Gasteiger partial charge in [0.05, 0.1) is 6.07 Å². The van der Waals surface area contributed by atoms with E-state index in [-0.39, 0.29) is 0 Å². The van der Waals surface area contributed by atoms with Gasteiger partial charge in [-0.05, 0) is 12.5 Å². The Bertz CT molecular complexity index is 351. The van der Waals surface area contributed by atoms with Gasteiger partial charge in [-0.25, -0.2) is 0 Å². The molecule has 0 spiro atoms. The van der Waals surface area contributed by atoms with Crippen molar-refractivity contribution < 1.29 is 0 Å². The third kappa shape index (κ3) is 3.57. The van der Waals surface area contributed by atoms with Crippen molar-refractivity contribution in [3.8, 4) is 6.07 Å². The Hall–Kier alpha value is -1.59. The number of hydrogen-bond donors (Lipinski definition) is 1. The maximum Gasteiger partial charge on any atom is 0.108 e. The highest BCUT2D eigenvalue weighted by molar-refractivity contribution is 5.21. The number of nitrogens with zero attached hydrogens (tertiary/aromatic N) is 1. The molecule has 0 aromatic heterocycles. The van der Waals surface area contributed by atoms with E-state index in [0.29, 0.717) is 13.0 Å². The van der Waals surface area contributed by atoms with E-state index in [4.69, 9.17) is 5.26 Å². The molecule has 1 aromatic carbocycles. The molecule has 78 valence electrons. The molecule has 2 nitrogen and oxygen atoms in total. The molecule has 0 heterocycles. The van der Waals surface area contributed by atoms with E-state index >= 15 is 0 Å². The van der Waals surface area contributed by atoms with Crippen molar-refractivity contribution in [3.63, 3.8) is 0 Å². The van der Waals surface area contributed by atoms with Crippen molar-refractivity contribution in [2.24, 2.45) is 0 Å². The van der Waals surface area contributed by atoms with Crippen LogP contribution in [0.4, 0.5) is 0 Å². The number of rotatable bonds is 5. The molecular weight excluding hydrogens is 184 g/mol. The molecule has 1 N–H and O–H groups in total. The van der Waals surface area contributed by atoms with E-state index in [1.54, 1.807) is 6.08 Å². The van der Waals surface area contributed by atoms with Gasteiger partial charge in [-0.2, -0.15) is 5.26 Å². The average Bonchev–Trinajstić information content (AvgIpc) is 2.28. The summed E-state index contributed by atoms with van der Waals surface area (Å²) >= 11 is 0. The Morgan fingerprint density at radius 2 is 2.13 bits per heavy atom. The van der Waals surface area contributed by atoms with Crippen molar-refractivity contribution in [2.75, 3.05) is 6.54 Å². The van der Waals surface area contributed by atoms with Crippen molar-refractivity contribution in [1.29, 1.82) is 5.26 Å². The molecule has 0 bridgehead atoms. The summed E-state index contributed by atoms with van der Waals surface area (Å²) in [6.07, 6.45) is 2.47. The fraction of sp³-hybridized carbons (Fsp3) is 0.308. The Morgan fingerprint density at radius 1 is 1.47 bits per heavy atom. The summed E-state index contributed by atoms with van der Waals surface area (Å²) in [5.74, 6) is 0. The van der Waals surface area contributed by atoms with Crippen LogP contribution in [-0.2, 0) is 6.42 Å². The minimum atomic E-state index is -0.518. The Morgan fingerprint density at radius 3 is 2.67 bits per heavy atom. The van der Waals surface area contributed by atoms with Gasteiger partial charge in [0.15, 0.2) is 0 Å². The molecule has 2 heteroatoms. The largest absolute Gasteiger partial charge is 0.296 e. The maximum atomic E-state index is 9.13. The molecule has 0 aliphatic rings. The van der Waals surface area contributed by atoms with E-state index in [1.165, 1.54) is 0 Å². The van der Waals surface area contributed by atoms with Gasteiger partial charge in [0.25, 0.3) is 0 Å².